The monoisotopic (exact) mass is 211 g/mol. The van der Waals surface area contributed by atoms with Gasteiger partial charge in [0.15, 0.2) is 0 Å². The number of primary amides is 1. The van der Waals surface area contributed by atoms with E-state index in [4.69, 9.17) is 5.73 Å². The molecule has 5 heteroatoms. The number of likely N-dealkylation sites (tertiary alicyclic amines) is 1. The summed E-state index contributed by atoms with van der Waals surface area (Å²) in [5, 5.41) is 3.07. The number of urea groups is 1. The zero-order valence-electron chi connectivity index (χ0n) is 8.79. The fraction of sp³-hybridized carbons (Fsp3) is 0.800. The van der Waals surface area contributed by atoms with Crippen LogP contribution in [0, 0.1) is 0 Å². The van der Waals surface area contributed by atoms with Crippen molar-refractivity contribution in [2.75, 3.05) is 13.1 Å². The second kappa shape index (κ2) is 3.72. The molecule has 2 fully saturated rings. The van der Waals surface area contributed by atoms with Crippen molar-refractivity contribution in [1.82, 2.24) is 10.2 Å². The first-order valence-corrected chi connectivity index (χ1v) is 5.47. The molecule has 2 rings (SSSR count). The minimum absolute atomic E-state index is 0.0543. The SMILES string of the molecule is NC(=O)N1CCC2(CCCC(=O)N2)CC1. The van der Waals surface area contributed by atoms with E-state index in [1.165, 1.54) is 0 Å². The molecule has 0 atom stereocenters. The highest BCUT2D eigenvalue weighted by Gasteiger charge is 2.38. The van der Waals surface area contributed by atoms with E-state index in [1.807, 2.05) is 0 Å². The number of nitrogens with zero attached hydrogens (tertiary/aromatic N) is 1. The molecule has 0 radical (unpaired) electrons. The van der Waals surface area contributed by atoms with Gasteiger partial charge in [-0.05, 0) is 25.7 Å². The van der Waals surface area contributed by atoms with Gasteiger partial charge in [0.2, 0.25) is 5.91 Å². The lowest BCUT2D eigenvalue weighted by molar-refractivity contribution is -0.125. The van der Waals surface area contributed by atoms with Crippen molar-refractivity contribution in [1.29, 1.82) is 0 Å². The molecule has 15 heavy (non-hydrogen) atoms. The third-order valence-electron chi connectivity index (χ3n) is 3.50. The number of carbonyl (C=O) groups is 2. The van der Waals surface area contributed by atoms with Crippen LogP contribution >= 0.6 is 0 Å². The molecule has 2 aliphatic heterocycles. The number of hydrogen-bond donors (Lipinski definition) is 2. The van der Waals surface area contributed by atoms with Crippen molar-refractivity contribution < 1.29 is 9.59 Å². The summed E-state index contributed by atoms with van der Waals surface area (Å²) in [6, 6.07) is -0.355. The Morgan fingerprint density at radius 2 is 2.00 bits per heavy atom. The van der Waals surface area contributed by atoms with Gasteiger partial charge < -0.3 is 16.0 Å². The van der Waals surface area contributed by atoms with Crippen LogP contribution in [0.3, 0.4) is 0 Å². The van der Waals surface area contributed by atoms with Gasteiger partial charge in [-0.1, -0.05) is 0 Å². The average Bonchev–Trinajstić information content (AvgIpc) is 2.18. The van der Waals surface area contributed by atoms with Gasteiger partial charge >= 0.3 is 6.03 Å². The zero-order valence-corrected chi connectivity index (χ0v) is 8.79. The minimum atomic E-state index is -0.355. The maximum atomic E-state index is 11.3. The normalized spacial score (nSPS) is 25.1. The summed E-state index contributed by atoms with van der Waals surface area (Å²) < 4.78 is 0. The summed E-state index contributed by atoms with van der Waals surface area (Å²) in [5.74, 6) is 0.147. The Hall–Kier alpha value is -1.26. The van der Waals surface area contributed by atoms with Crippen molar-refractivity contribution in [3.8, 4) is 0 Å². The second-order valence-electron chi connectivity index (χ2n) is 4.51. The predicted octanol–water partition coefficient (Wildman–Crippen LogP) is 0.200. The van der Waals surface area contributed by atoms with E-state index in [0.29, 0.717) is 19.5 Å². The Bertz CT molecular complexity index is 282. The molecule has 0 aromatic heterocycles. The Balaban J connectivity index is 1.96. The van der Waals surface area contributed by atoms with E-state index in [1.54, 1.807) is 4.90 Å². The van der Waals surface area contributed by atoms with Gasteiger partial charge in [-0.3, -0.25) is 4.79 Å². The number of nitrogens with one attached hydrogen (secondary N) is 1. The lowest BCUT2D eigenvalue weighted by Gasteiger charge is -2.44. The molecule has 0 unspecified atom stereocenters. The maximum Gasteiger partial charge on any atom is 0.314 e. The molecule has 3 amide bonds. The van der Waals surface area contributed by atoms with Crippen LogP contribution < -0.4 is 11.1 Å². The molecular weight excluding hydrogens is 194 g/mol. The number of rotatable bonds is 0. The Morgan fingerprint density at radius 3 is 2.53 bits per heavy atom. The van der Waals surface area contributed by atoms with Crippen molar-refractivity contribution in [2.45, 2.75) is 37.6 Å². The highest BCUT2D eigenvalue weighted by molar-refractivity contribution is 5.78. The van der Waals surface area contributed by atoms with E-state index in [2.05, 4.69) is 5.32 Å². The van der Waals surface area contributed by atoms with Crippen LogP contribution in [0.4, 0.5) is 4.79 Å². The molecule has 1 spiro atoms. The summed E-state index contributed by atoms with van der Waals surface area (Å²) in [6.07, 6.45) is 4.30. The van der Waals surface area contributed by atoms with Gasteiger partial charge in [0.25, 0.3) is 0 Å². The topological polar surface area (TPSA) is 75.4 Å². The summed E-state index contributed by atoms with van der Waals surface area (Å²) in [4.78, 5) is 23.9. The summed E-state index contributed by atoms with van der Waals surface area (Å²) in [6.45, 7) is 1.32. The minimum Gasteiger partial charge on any atom is -0.351 e. The van der Waals surface area contributed by atoms with Gasteiger partial charge in [0, 0.05) is 25.0 Å². The molecule has 0 aliphatic carbocycles. The largest absolute Gasteiger partial charge is 0.351 e. The smallest absolute Gasteiger partial charge is 0.314 e. The van der Waals surface area contributed by atoms with Gasteiger partial charge in [-0.15, -0.1) is 0 Å². The number of amides is 3. The summed E-state index contributed by atoms with van der Waals surface area (Å²) in [7, 11) is 0. The molecule has 2 saturated heterocycles. The van der Waals surface area contributed by atoms with Crippen LogP contribution in [0.5, 0.6) is 0 Å². The number of carbonyl (C=O) groups excluding carboxylic acids is 2. The molecule has 0 aromatic carbocycles. The van der Waals surface area contributed by atoms with Crippen LogP contribution in [0.15, 0.2) is 0 Å². The predicted molar refractivity (Wildman–Crippen MR) is 55.1 cm³/mol. The van der Waals surface area contributed by atoms with E-state index in [-0.39, 0.29) is 17.5 Å². The first kappa shape index (κ1) is 10.3. The van der Waals surface area contributed by atoms with Gasteiger partial charge in [0.05, 0.1) is 0 Å². The summed E-state index contributed by atoms with van der Waals surface area (Å²) >= 11 is 0. The number of nitrogens with two attached hydrogens (primary N) is 1. The van der Waals surface area contributed by atoms with Gasteiger partial charge in [-0.25, -0.2) is 4.79 Å². The highest BCUT2D eigenvalue weighted by atomic mass is 16.2. The van der Waals surface area contributed by atoms with Gasteiger partial charge in [-0.2, -0.15) is 0 Å². The van der Waals surface area contributed by atoms with E-state index in [9.17, 15) is 9.59 Å². The molecule has 2 aliphatic rings. The van der Waals surface area contributed by atoms with E-state index < -0.39 is 0 Å². The molecule has 84 valence electrons. The first-order chi connectivity index (χ1) is 7.11. The number of hydrogen-bond acceptors (Lipinski definition) is 2. The third kappa shape index (κ3) is 2.06. The molecular formula is C10H17N3O2. The van der Waals surface area contributed by atoms with Crippen LogP contribution in [-0.2, 0) is 4.79 Å². The van der Waals surface area contributed by atoms with Crippen molar-refractivity contribution in [3.63, 3.8) is 0 Å². The van der Waals surface area contributed by atoms with Crippen LogP contribution in [-0.4, -0.2) is 35.5 Å². The maximum absolute atomic E-state index is 11.3. The fourth-order valence-electron chi connectivity index (χ4n) is 2.54. The Morgan fingerprint density at radius 1 is 1.33 bits per heavy atom. The first-order valence-electron chi connectivity index (χ1n) is 5.47. The Labute approximate surface area is 89.0 Å². The summed E-state index contributed by atoms with van der Waals surface area (Å²) in [5.41, 5.74) is 5.16. The van der Waals surface area contributed by atoms with Crippen LogP contribution in [0.25, 0.3) is 0 Å². The lowest BCUT2D eigenvalue weighted by atomic mass is 9.80. The molecule has 0 aromatic rings. The number of piperidine rings is 2. The average molecular weight is 211 g/mol. The second-order valence-corrected chi connectivity index (χ2v) is 4.51. The Kier molecular flexibility index (Phi) is 2.54. The lowest BCUT2D eigenvalue weighted by Crippen LogP contribution is -2.58. The molecule has 3 N–H and O–H groups in total. The zero-order chi connectivity index (χ0) is 10.9. The van der Waals surface area contributed by atoms with Gasteiger partial charge in [0.1, 0.15) is 0 Å². The van der Waals surface area contributed by atoms with Crippen molar-refractivity contribution in [2.24, 2.45) is 5.73 Å². The quantitative estimate of drug-likeness (QED) is 0.600. The molecule has 0 saturated carbocycles. The molecule has 5 nitrogen and oxygen atoms in total. The molecule has 2 heterocycles. The van der Waals surface area contributed by atoms with Crippen LogP contribution in [0.1, 0.15) is 32.1 Å². The highest BCUT2D eigenvalue weighted by Crippen LogP contribution is 2.30. The standard InChI is InChI=1S/C10H17N3O2/c11-9(15)13-6-4-10(5-7-13)3-1-2-8(14)12-10/h1-7H2,(H2,11,15)(H,12,14). The third-order valence-corrected chi connectivity index (χ3v) is 3.50. The molecule has 0 bridgehead atoms. The van der Waals surface area contributed by atoms with Crippen molar-refractivity contribution in [3.05, 3.63) is 0 Å². The van der Waals surface area contributed by atoms with Crippen molar-refractivity contribution >= 4 is 11.9 Å². The van der Waals surface area contributed by atoms with E-state index >= 15 is 0 Å². The van der Waals surface area contributed by atoms with E-state index in [0.717, 1.165) is 25.7 Å². The fourth-order valence-corrected chi connectivity index (χ4v) is 2.54. The van der Waals surface area contributed by atoms with Crippen LogP contribution in [0.2, 0.25) is 0 Å².